The maximum Gasteiger partial charge on any atom is 0.348 e. The summed E-state index contributed by atoms with van der Waals surface area (Å²) in [5, 5.41) is 17.8. The fourth-order valence-corrected chi connectivity index (χ4v) is 1.39. The average molecular weight is 273 g/mol. The SMILES string of the molecule is CC(C)COC(=O)/C(C#N)=C/c1cccc(C(=O)O)c1. The Labute approximate surface area is 117 Å². The van der Waals surface area contributed by atoms with Crippen molar-refractivity contribution in [2.45, 2.75) is 13.8 Å². The Kier molecular flexibility index (Phi) is 5.48. The first-order valence-electron chi connectivity index (χ1n) is 6.06. The van der Waals surface area contributed by atoms with Crippen LogP contribution in [-0.2, 0) is 9.53 Å². The smallest absolute Gasteiger partial charge is 0.348 e. The van der Waals surface area contributed by atoms with E-state index < -0.39 is 11.9 Å². The van der Waals surface area contributed by atoms with Gasteiger partial charge in [-0.2, -0.15) is 5.26 Å². The number of esters is 1. The van der Waals surface area contributed by atoms with Crippen LogP contribution in [0.4, 0.5) is 0 Å². The number of carbonyl (C=O) groups excluding carboxylic acids is 1. The number of carboxylic acids is 1. The van der Waals surface area contributed by atoms with Gasteiger partial charge in [0, 0.05) is 0 Å². The molecule has 0 bridgehead atoms. The van der Waals surface area contributed by atoms with E-state index in [0.29, 0.717) is 5.56 Å². The molecule has 0 unspecified atom stereocenters. The Hall–Kier alpha value is -2.61. The summed E-state index contributed by atoms with van der Waals surface area (Å²) >= 11 is 0. The molecule has 1 rings (SSSR count). The minimum Gasteiger partial charge on any atom is -0.478 e. The first-order chi connectivity index (χ1) is 9.43. The molecule has 0 aromatic heterocycles. The number of nitrogens with zero attached hydrogens (tertiary/aromatic N) is 1. The van der Waals surface area contributed by atoms with E-state index in [1.807, 2.05) is 13.8 Å². The molecule has 5 nitrogen and oxygen atoms in total. The predicted octanol–water partition coefficient (Wildman–Crippen LogP) is 2.49. The Bertz CT molecular complexity index is 582. The maximum absolute atomic E-state index is 11.7. The van der Waals surface area contributed by atoms with Gasteiger partial charge in [-0.05, 0) is 29.7 Å². The highest BCUT2D eigenvalue weighted by Gasteiger charge is 2.12. The van der Waals surface area contributed by atoms with Crippen LogP contribution in [0.15, 0.2) is 29.8 Å². The summed E-state index contributed by atoms with van der Waals surface area (Å²) in [6.07, 6.45) is 1.31. The molecule has 0 radical (unpaired) electrons. The van der Waals surface area contributed by atoms with Gasteiger partial charge in [0.2, 0.25) is 0 Å². The standard InChI is InChI=1S/C15H15NO4/c1-10(2)9-20-15(19)13(8-16)7-11-4-3-5-12(6-11)14(17)18/h3-7,10H,9H2,1-2H3,(H,17,18)/b13-7+. The van der Waals surface area contributed by atoms with Crippen molar-refractivity contribution in [1.82, 2.24) is 0 Å². The number of ether oxygens (including phenoxy) is 1. The number of carbonyl (C=O) groups is 2. The van der Waals surface area contributed by atoms with Crippen molar-refractivity contribution in [3.8, 4) is 6.07 Å². The molecule has 5 heteroatoms. The molecule has 0 saturated carbocycles. The quantitative estimate of drug-likeness (QED) is 0.506. The second kappa shape index (κ2) is 7.10. The Morgan fingerprint density at radius 2 is 2.15 bits per heavy atom. The van der Waals surface area contributed by atoms with E-state index in [4.69, 9.17) is 15.1 Å². The van der Waals surface area contributed by atoms with Crippen molar-refractivity contribution in [3.05, 3.63) is 41.0 Å². The number of benzene rings is 1. The van der Waals surface area contributed by atoms with Gasteiger partial charge in [0.15, 0.2) is 0 Å². The number of hydrogen-bond donors (Lipinski definition) is 1. The fraction of sp³-hybridized carbons (Fsp3) is 0.267. The van der Waals surface area contributed by atoms with Crippen molar-refractivity contribution < 1.29 is 19.4 Å². The zero-order valence-electron chi connectivity index (χ0n) is 11.3. The molecule has 0 spiro atoms. The molecule has 0 fully saturated rings. The summed E-state index contributed by atoms with van der Waals surface area (Å²) in [5.41, 5.74) is 0.391. The van der Waals surface area contributed by atoms with Crippen LogP contribution in [0.2, 0.25) is 0 Å². The Morgan fingerprint density at radius 3 is 2.70 bits per heavy atom. The van der Waals surface area contributed by atoms with Gasteiger partial charge in [-0.1, -0.05) is 26.0 Å². The first-order valence-corrected chi connectivity index (χ1v) is 6.06. The monoisotopic (exact) mass is 273 g/mol. The van der Waals surface area contributed by atoms with Crippen LogP contribution in [-0.4, -0.2) is 23.7 Å². The summed E-state index contributed by atoms with van der Waals surface area (Å²) in [4.78, 5) is 22.5. The first kappa shape index (κ1) is 15.4. The molecule has 0 amide bonds. The van der Waals surface area contributed by atoms with Gasteiger partial charge in [0.05, 0.1) is 12.2 Å². The van der Waals surface area contributed by atoms with E-state index >= 15 is 0 Å². The highest BCUT2D eigenvalue weighted by molar-refractivity contribution is 5.98. The van der Waals surface area contributed by atoms with E-state index in [-0.39, 0.29) is 23.7 Å². The summed E-state index contributed by atoms with van der Waals surface area (Å²) in [5.74, 6) is -1.60. The van der Waals surface area contributed by atoms with Crippen LogP contribution in [0.1, 0.15) is 29.8 Å². The van der Waals surface area contributed by atoms with E-state index in [1.165, 1.54) is 18.2 Å². The molecule has 0 heterocycles. The zero-order chi connectivity index (χ0) is 15.1. The van der Waals surface area contributed by atoms with Gasteiger partial charge in [0.1, 0.15) is 11.6 Å². The second-order valence-electron chi connectivity index (χ2n) is 4.59. The van der Waals surface area contributed by atoms with Crippen LogP contribution < -0.4 is 0 Å². The van der Waals surface area contributed by atoms with Gasteiger partial charge in [-0.25, -0.2) is 9.59 Å². The van der Waals surface area contributed by atoms with E-state index in [0.717, 1.165) is 0 Å². The van der Waals surface area contributed by atoms with Crippen molar-refractivity contribution in [2.24, 2.45) is 5.92 Å². The molecule has 0 atom stereocenters. The van der Waals surface area contributed by atoms with Gasteiger partial charge in [-0.3, -0.25) is 0 Å². The highest BCUT2D eigenvalue weighted by atomic mass is 16.5. The topological polar surface area (TPSA) is 87.4 Å². The van der Waals surface area contributed by atoms with E-state index in [9.17, 15) is 9.59 Å². The fourth-order valence-electron chi connectivity index (χ4n) is 1.39. The molecular weight excluding hydrogens is 258 g/mol. The molecule has 0 saturated heterocycles. The third-order valence-corrected chi connectivity index (χ3v) is 2.33. The molecule has 1 aromatic carbocycles. The van der Waals surface area contributed by atoms with Crippen molar-refractivity contribution in [1.29, 1.82) is 5.26 Å². The van der Waals surface area contributed by atoms with Crippen LogP contribution >= 0.6 is 0 Å². The molecule has 0 aliphatic carbocycles. The summed E-state index contributed by atoms with van der Waals surface area (Å²) in [7, 11) is 0. The number of rotatable bonds is 5. The number of nitriles is 1. The molecule has 104 valence electrons. The van der Waals surface area contributed by atoms with Gasteiger partial charge < -0.3 is 9.84 Å². The number of aromatic carboxylic acids is 1. The van der Waals surface area contributed by atoms with Crippen LogP contribution in [0.3, 0.4) is 0 Å². The Balaban J connectivity index is 2.94. The molecule has 1 aromatic rings. The summed E-state index contributed by atoms with van der Waals surface area (Å²) < 4.78 is 4.96. The Morgan fingerprint density at radius 1 is 1.45 bits per heavy atom. The maximum atomic E-state index is 11.7. The third kappa shape index (κ3) is 4.58. The minimum atomic E-state index is -1.07. The van der Waals surface area contributed by atoms with Gasteiger partial charge >= 0.3 is 11.9 Å². The molecule has 1 N–H and O–H groups in total. The molecule has 0 aliphatic rings. The lowest BCUT2D eigenvalue weighted by Crippen LogP contribution is -2.11. The average Bonchev–Trinajstić information content (AvgIpc) is 2.42. The number of hydrogen-bond acceptors (Lipinski definition) is 4. The lowest BCUT2D eigenvalue weighted by molar-refractivity contribution is -0.139. The van der Waals surface area contributed by atoms with Gasteiger partial charge in [-0.15, -0.1) is 0 Å². The molecule has 0 aliphatic heterocycles. The van der Waals surface area contributed by atoms with Crippen molar-refractivity contribution in [3.63, 3.8) is 0 Å². The zero-order valence-corrected chi connectivity index (χ0v) is 11.3. The third-order valence-electron chi connectivity index (χ3n) is 2.33. The highest BCUT2D eigenvalue weighted by Crippen LogP contribution is 2.11. The van der Waals surface area contributed by atoms with Crippen molar-refractivity contribution >= 4 is 18.0 Å². The van der Waals surface area contributed by atoms with Crippen LogP contribution in [0.5, 0.6) is 0 Å². The largest absolute Gasteiger partial charge is 0.478 e. The van der Waals surface area contributed by atoms with Crippen molar-refractivity contribution in [2.75, 3.05) is 6.61 Å². The molecule has 20 heavy (non-hydrogen) atoms. The minimum absolute atomic E-state index is 0.0894. The van der Waals surface area contributed by atoms with E-state index in [1.54, 1.807) is 18.2 Å². The van der Waals surface area contributed by atoms with Crippen LogP contribution in [0.25, 0.3) is 6.08 Å². The second-order valence-corrected chi connectivity index (χ2v) is 4.59. The van der Waals surface area contributed by atoms with Gasteiger partial charge in [0.25, 0.3) is 0 Å². The number of carboxylic acid groups (broad SMARTS) is 1. The predicted molar refractivity (Wildman–Crippen MR) is 72.8 cm³/mol. The lowest BCUT2D eigenvalue weighted by atomic mass is 10.1. The summed E-state index contributed by atoms with van der Waals surface area (Å²) in [6, 6.07) is 7.74. The normalized spacial score (nSPS) is 11.0. The lowest BCUT2D eigenvalue weighted by Gasteiger charge is -2.06. The van der Waals surface area contributed by atoms with Crippen LogP contribution in [0, 0.1) is 17.2 Å². The summed E-state index contributed by atoms with van der Waals surface area (Å²) in [6.45, 7) is 4.01. The van der Waals surface area contributed by atoms with E-state index in [2.05, 4.69) is 0 Å². The molecular formula is C15H15NO4.